The van der Waals surface area contributed by atoms with Gasteiger partial charge in [-0.1, -0.05) is 29.8 Å². The highest BCUT2D eigenvalue weighted by atomic mass is 32.2. The summed E-state index contributed by atoms with van der Waals surface area (Å²) in [6, 6.07) is 14.6. The molecule has 0 atom stereocenters. The van der Waals surface area contributed by atoms with Gasteiger partial charge in [0.15, 0.2) is 0 Å². The van der Waals surface area contributed by atoms with E-state index < -0.39 is 10.1 Å². The van der Waals surface area contributed by atoms with E-state index in [1.165, 1.54) is 56.0 Å². The van der Waals surface area contributed by atoms with Crippen molar-refractivity contribution in [1.29, 1.82) is 0 Å². The van der Waals surface area contributed by atoms with E-state index in [0.717, 1.165) is 10.0 Å². The van der Waals surface area contributed by atoms with Gasteiger partial charge in [0.2, 0.25) is 0 Å². The van der Waals surface area contributed by atoms with Crippen molar-refractivity contribution >= 4 is 15.8 Å². The smallest absolute Gasteiger partial charge is 0.124 e. The van der Waals surface area contributed by atoms with Gasteiger partial charge in [-0.25, -0.2) is 8.42 Å². The minimum absolute atomic E-state index is 0.178. The number of benzene rings is 2. The van der Waals surface area contributed by atoms with Crippen molar-refractivity contribution in [2.45, 2.75) is 25.2 Å². The van der Waals surface area contributed by atoms with Crippen molar-refractivity contribution in [3.8, 4) is 0 Å². The average molecular weight is 391 g/mol. The second kappa shape index (κ2) is 8.87. The zero-order chi connectivity index (χ0) is 20.1. The maximum Gasteiger partial charge on any atom is 0.124 e. The van der Waals surface area contributed by atoms with Crippen LogP contribution in [0.2, 0.25) is 0 Å². The summed E-state index contributed by atoms with van der Waals surface area (Å²) in [6.07, 6.45) is 1.29. The first-order valence-corrected chi connectivity index (χ1v) is 10.6. The second-order valence-electron chi connectivity index (χ2n) is 7.83. The van der Waals surface area contributed by atoms with Crippen molar-refractivity contribution in [3.63, 3.8) is 0 Å². The number of aryl methyl sites for hydroxylation is 2. The molecule has 148 valence electrons. The van der Waals surface area contributed by atoms with Crippen LogP contribution in [0.4, 0.5) is 5.69 Å². The molecule has 0 spiro atoms. The van der Waals surface area contributed by atoms with Crippen molar-refractivity contribution in [2.75, 3.05) is 45.2 Å². The minimum atomic E-state index is -4.27. The van der Waals surface area contributed by atoms with Gasteiger partial charge in [-0.2, -0.15) is 0 Å². The van der Waals surface area contributed by atoms with E-state index in [4.69, 9.17) is 0 Å². The molecular formula is C21H30N2O3S. The summed E-state index contributed by atoms with van der Waals surface area (Å²) >= 11 is 0. The van der Waals surface area contributed by atoms with Crippen LogP contribution in [-0.2, 0) is 10.1 Å². The molecule has 0 aliphatic carbocycles. The molecule has 2 aromatic rings. The molecule has 0 radical (unpaired) electrons. The van der Waals surface area contributed by atoms with E-state index in [2.05, 4.69) is 50.2 Å². The van der Waals surface area contributed by atoms with Crippen molar-refractivity contribution < 1.29 is 17.5 Å². The van der Waals surface area contributed by atoms with E-state index in [1.807, 2.05) is 6.92 Å². The fourth-order valence-electron chi connectivity index (χ4n) is 3.09. The lowest BCUT2D eigenvalue weighted by Gasteiger charge is -2.28. The van der Waals surface area contributed by atoms with Gasteiger partial charge in [-0.15, -0.1) is 0 Å². The Morgan fingerprint density at radius 3 is 2.19 bits per heavy atom. The average Bonchev–Trinajstić information content (AvgIpc) is 2.76. The Morgan fingerprint density at radius 1 is 0.926 bits per heavy atom. The predicted molar refractivity (Wildman–Crippen MR) is 109 cm³/mol. The molecule has 1 saturated heterocycles. The van der Waals surface area contributed by atoms with Crippen LogP contribution in [0.15, 0.2) is 53.4 Å². The molecule has 2 aromatic carbocycles. The van der Waals surface area contributed by atoms with E-state index in [9.17, 15) is 13.0 Å². The molecule has 0 N–H and O–H groups in total. The number of quaternary nitrogens is 1. The van der Waals surface area contributed by atoms with Crippen LogP contribution in [-0.4, -0.2) is 57.7 Å². The molecule has 27 heavy (non-hydrogen) atoms. The molecule has 5 nitrogen and oxygen atoms in total. The molecule has 1 aliphatic rings. The highest BCUT2D eigenvalue weighted by Gasteiger charge is 2.21. The van der Waals surface area contributed by atoms with Gasteiger partial charge in [0.05, 0.1) is 38.6 Å². The molecule has 1 fully saturated rings. The second-order valence-corrected chi connectivity index (χ2v) is 9.21. The first-order valence-electron chi connectivity index (χ1n) is 9.23. The highest BCUT2D eigenvalue weighted by Crippen LogP contribution is 2.18. The van der Waals surface area contributed by atoms with E-state index in [-0.39, 0.29) is 4.90 Å². The lowest BCUT2D eigenvalue weighted by Crippen LogP contribution is -2.42. The van der Waals surface area contributed by atoms with E-state index in [1.54, 1.807) is 12.1 Å². The van der Waals surface area contributed by atoms with Crippen LogP contribution in [0.25, 0.3) is 0 Å². The summed E-state index contributed by atoms with van der Waals surface area (Å²) in [5, 5.41) is 0. The van der Waals surface area contributed by atoms with E-state index in [0.29, 0.717) is 0 Å². The molecule has 3 rings (SSSR count). The van der Waals surface area contributed by atoms with Crippen LogP contribution >= 0.6 is 0 Å². The van der Waals surface area contributed by atoms with Crippen LogP contribution < -0.4 is 4.90 Å². The molecule has 0 amide bonds. The number of nitrogens with zero attached hydrogens (tertiary/aromatic N) is 2. The van der Waals surface area contributed by atoms with E-state index >= 15 is 0 Å². The van der Waals surface area contributed by atoms with Crippen LogP contribution in [0.5, 0.6) is 0 Å². The van der Waals surface area contributed by atoms with Gasteiger partial charge < -0.3 is 13.9 Å². The Balaban J connectivity index is 0.000000208. The summed E-state index contributed by atoms with van der Waals surface area (Å²) in [7, 11) is 0.397. The number of hydrogen-bond acceptors (Lipinski definition) is 4. The molecule has 0 bridgehead atoms. The van der Waals surface area contributed by atoms with Crippen LogP contribution in [0, 0.1) is 13.8 Å². The zero-order valence-corrected chi connectivity index (χ0v) is 17.5. The Bertz CT molecular complexity index is 846. The molecule has 6 heteroatoms. The zero-order valence-electron chi connectivity index (χ0n) is 16.7. The molecule has 0 unspecified atom stereocenters. The van der Waals surface area contributed by atoms with Gasteiger partial charge in [-0.05, 0) is 43.7 Å². The number of likely N-dealkylation sites (N-methyl/N-ethyl adjacent to an activating group) is 1. The quantitative estimate of drug-likeness (QED) is 0.584. The fraction of sp³-hybridized carbons (Fsp3) is 0.429. The van der Waals surface area contributed by atoms with Crippen molar-refractivity contribution in [2.24, 2.45) is 0 Å². The first-order chi connectivity index (χ1) is 12.6. The maximum absolute atomic E-state index is 10.4. The highest BCUT2D eigenvalue weighted by molar-refractivity contribution is 7.85. The standard InChI is InChI=1S/C14H23N2.C7H8O3S/c1-13-6-4-7-14(12-13)15-8-5-10-16(2,3)11-9-15;1-6-2-4-7(5-3-6)11(8,9)10/h4,6-7,12H,5,8-11H2,1-3H3;2-5H,1H3,(H,8,9,10)/q+1;/p-1. The SMILES string of the molecule is Cc1ccc(S(=O)(=O)[O-])cc1.Cc1cccc(N2CCC[N+](C)(C)CC2)c1. The molecule has 0 saturated carbocycles. The summed E-state index contributed by atoms with van der Waals surface area (Å²) in [5.41, 5.74) is 3.68. The minimum Gasteiger partial charge on any atom is -0.744 e. The maximum atomic E-state index is 10.4. The molecule has 1 heterocycles. The van der Waals surface area contributed by atoms with Gasteiger partial charge in [0.1, 0.15) is 10.1 Å². The lowest BCUT2D eigenvalue weighted by atomic mass is 10.2. The third kappa shape index (κ3) is 6.97. The van der Waals surface area contributed by atoms with Crippen LogP contribution in [0.3, 0.4) is 0 Å². The van der Waals surface area contributed by atoms with Gasteiger partial charge in [0, 0.05) is 18.7 Å². The Labute approximate surface area is 163 Å². The van der Waals surface area contributed by atoms with Gasteiger partial charge >= 0.3 is 0 Å². The fourth-order valence-corrected chi connectivity index (χ4v) is 3.56. The van der Waals surface area contributed by atoms with Crippen molar-refractivity contribution in [1.82, 2.24) is 0 Å². The summed E-state index contributed by atoms with van der Waals surface area (Å²) in [5.74, 6) is 0. The summed E-state index contributed by atoms with van der Waals surface area (Å²) in [6.45, 7) is 8.90. The van der Waals surface area contributed by atoms with Gasteiger partial charge in [0.25, 0.3) is 0 Å². The Hall–Kier alpha value is -1.89. The Kier molecular flexibility index (Phi) is 7.03. The summed E-state index contributed by atoms with van der Waals surface area (Å²) < 4.78 is 32.3. The normalized spacial score (nSPS) is 16.9. The number of hydrogen-bond donors (Lipinski definition) is 0. The molecule has 1 aliphatic heterocycles. The largest absolute Gasteiger partial charge is 0.744 e. The molecule has 0 aromatic heterocycles. The number of rotatable bonds is 2. The van der Waals surface area contributed by atoms with Crippen molar-refractivity contribution in [3.05, 3.63) is 59.7 Å². The topological polar surface area (TPSA) is 60.4 Å². The molecular weight excluding hydrogens is 360 g/mol. The third-order valence-corrected chi connectivity index (χ3v) is 5.69. The lowest BCUT2D eigenvalue weighted by molar-refractivity contribution is -0.887. The third-order valence-electron chi connectivity index (χ3n) is 4.84. The summed E-state index contributed by atoms with van der Waals surface area (Å²) in [4.78, 5) is 2.35. The van der Waals surface area contributed by atoms with Crippen LogP contribution in [0.1, 0.15) is 17.5 Å². The number of anilines is 1. The predicted octanol–water partition coefficient (Wildman–Crippen LogP) is 3.18. The van der Waals surface area contributed by atoms with Gasteiger partial charge in [-0.3, -0.25) is 0 Å². The first kappa shape index (κ1) is 21.4. The Morgan fingerprint density at radius 2 is 1.59 bits per heavy atom. The monoisotopic (exact) mass is 390 g/mol.